The number of nitrogen functional groups attached to an aromatic ring is 1. The summed E-state index contributed by atoms with van der Waals surface area (Å²) in [7, 11) is 1.57. The second-order valence-corrected chi connectivity index (χ2v) is 5.34. The van der Waals surface area contributed by atoms with Gasteiger partial charge in [0.15, 0.2) is 11.6 Å². The van der Waals surface area contributed by atoms with E-state index in [1.807, 2.05) is 0 Å². The van der Waals surface area contributed by atoms with Crippen LogP contribution in [0.4, 0.5) is 11.5 Å². The van der Waals surface area contributed by atoms with Crippen LogP contribution in [0.2, 0.25) is 0 Å². The minimum atomic E-state index is -0.0415. The van der Waals surface area contributed by atoms with Crippen LogP contribution in [0.15, 0.2) is 0 Å². The summed E-state index contributed by atoms with van der Waals surface area (Å²) in [4.78, 5) is 8.90. The van der Waals surface area contributed by atoms with Crippen molar-refractivity contribution < 1.29 is 9.47 Å². The Morgan fingerprint density at radius 1 is 1.33 bits per heavy atom. The molecule has 0 spiro atoms. The number of hydrogen-bond donors (Lipinski definition) is 2. The summed E-state index contributed by atoms with van der Waals surface area (Å²) in [5, 5.41) is 3.30. The molecule has 0 radical (unpaired) electrons. The van der Waals surface area contributed by atoms with Gasteiger partial charge in [0.05, 0.1) is 7.11 Å². The number of nitrogens with two attached hydrogens (primary N) is 1. The van der Waals surface area contributed by atoms with Crippen molar-refractivity contribution in [1.82, 2.24) is 9.97 Å². The largest absolute Gasteiger partial charge is 0.479 e. The third kappa shape index (κ3) is 4.20. The highest BCUT2D eigenvalue weighted by molar-refractivity contribution is 5.66. The van der Waals surface area contributed by atoms with Crippen molar-refractivity contribution in [1.29, 1.82) is 0 Å². The van der Waals surface area contributed by atoms with Gasteiger partial charge in [-0.25, -0.2) is 4.98 Å². The van der Waals surface area contributed by atoms with Crippen LogP contribution < -0.4 is 15.8 Å². The maximum atomic E-state index is 6.05. The van der Waals surface area contributed by atoms with Gasteiger partial charge in [-0.05, 0) is 19.3 Å². The molecule has 1 aromatic heterocycles. The van der Waals surface area contributed by atoms with Gasteiger partial charge in [-0.3, -0.25) is 0 Å². The molecule has 1 unspecified atom stereocenters. The fourth-order valence-electron chi connectivity index (χ4n) is 2.44. The van der Waals surface area contributed by atoms with Crippen LogP contribution in [-0.4, -0.2) is 30.2 Å². The molecular formula is C15H26N4O2. The predicted octanol–water partition coefficient (Wildman–Crippen LogP) is 2.91. The highest BCUT2D eigenvalue weighted by atomic mass is 16.5. The molecule has 1 saturated heterocycles. The molecule has 0 bridgehead atoms. The summed E-state index contributed by atoms with van der Waals surface area (Å²) in [5.74, 6) is 1.74. The Morgan fingerprint density at radius 2 is 2.19 bits per heavy atom. The average molecular weight is 294 g/mol. The minimum absolute atomic E-state index is 0.0415. The van der Waals surface area contributed by atoms with E-state index in [0.29, 0.717) is 23.2 Å². The third-order valence-electron chi connectivity index (χ3n) is 3.66. The number of unbranched alkanes of at least 4 members (excludes halogenated alkanes) is 3. The van der Waals surface area contributed by atoms with Gasteiger partial charge >= 0.3 is 0 Å². The average Bonchev–Trinajstić information content (AvgIpc) is 3.03. The van der Waals surface area contributed by atoms with Gasteiger partial charge in [0.25, 0.3) is 0 Å². The number of nitrogens with zero attached hydrogens (tertiary/aromatic N) is 2. The first-order chi connectivity index (χ1) is 10.3. The van der Waals surface area contributed by atoms with Crippen LogP contribution in [0, 0.1) is 0 Å². The Bertz CT molecular complexity index is 448. The number of ether oxygens (including phenoxy) is 2. The van der Waals surface area contributed by atoms with Gasteiger partial charge in [-0.2, -0.15) is 4.98 Å². The normalized spacial score (nSPS) is 17.9. The highest BCUT2D eigenvalue weighted by Crippen LogP contribution is 2.32. The molecule has 0 amide bonds. The number of methoxy groups -OCH3 is 1. The molecule has 2 heterocycles. The van der Waals surface area contributed by atoms with Crippen molar-refractivity contribution in [2.24, 2.45) is 0 Å². The summed E-state index contributed by atoms with van der Waals surface area (Å²) in [6.45, 7) is 3.82. The van der Waals surface area contributed by atoms with E-state index in [1.54, 1.807) is 7.11 Å². The predicted molar refractivity (Wildman–Crippen MR) is 83.6 cm³/mol. The zero-order valence-electron chi connectivity index (χ0n) is 13.0. The Kier molecular flexibility index (Phi) is 6.04. The molecule has 1 atom stereocenters. The molecule has 3 N–H and O–H groups in total. The van der Waals surface area contributed by atoms with Crippen molar-refractivity contribution in [3.05, 3.63) is 5.82 Å². The monoisotopic (exact) mass is 294 g/mol. The van der Waals surface area contributed by atoms with Gasteiger partial charge in [0, 0.05) is 13.2 Å². The van der Waals surface area contributed by atoms with Gasteiger partial charge in [-0.1, -0.05) is 26.2 Å². The molecule has 118 valence electrons. The lowest BCUT2D eigenvalue weighted by Gasteiger charge is -2.15. The van der Waals surface area contributed by atoms with Gasteiger partial charge in [-0.15, -0.1) is 0 Å². The lowest BCUT2D eigenvalue weighted by atomic mass is 10.2. The van der Waals surface area contributed by atoms with Crippen molar-refractivity contribution in [3.8, 4) is 5.88 Å². The van der Waals surface area contributed by atoms with Gasteiger partial charge in [0.1, 0.15) is 11.8 Å². The Morgan fingerprint density at radius 3 is 2.86 bits per heavy atom. The number of aromatic nitrogens is 2. The van der Waals surface area contributed by atoms with Crippen LogP contribution in [-0.2, 0) is 4.74 Å². The zero-order valence-corrected chi connectivity index (χ0v) is 13.0. The Hall–Kier alpha value is -1.56. The lowest BCUT2D eigenvalue weighted by molar-refractivity contribution is 0.104. The molecule has 1 aliphatic heterocycles. The summed E-state index contributed by atoms with van der Waals surface area (Å²) < 4.78 is 10.9. The van der Waals surface area contributed by atoms with E-state index in [9.17, 15) is 0 Å². The second kappa shape index (κ2) is 8.02. The fourth-order valence-corrected chi connectivity index (χ4v) is 2.44. The van der Waals surface area contributed by atoms with Crippen molar-refractivity contribution in [2.45, 2.75) is 51.6 Å². The molecule has 6 nitrogen and oxygen atoms in total. The third-order valence-corrected chi connectivity index (χ3v) is 3.66. The molecule has 21 heavy (non-hydrogen) atoms. The second-order valence-electron chi connectivity index (χ2n) is 5.34. The van der Waals surface area contributed by atoms with Crippen LogP contribution in [0.3, 0.4) is 0 Å². The molecule has 0 aliphatic carbocycles. The summed E-state index contributed by atoms with van der Waals surface area (Å²) in [6.07, 6.45) is 6.75. The molecule has 1 fully saturated rings. The number of rotatable bonds is 8. The quantitative estimate of drug-likeness (QED) is 0.717. The van der Waals surface area contributed by atoms with Crippen LogP contribution in [0.5, 0.6) is 5.88 Å². The highest BCUT2D eigenvalue weighted by Gasteiger charge is 2.23. The van der Waals surface area contributed by atoms with E-state index in [-0.39, 0.29) is 6.10 Å². The zero-order chi connectivity index (χ0) is 15.1. The summed E-state index contributed by atoms with van der Waals surface area (Å²) in [6, 6.07) is 0. The fraction of sp³-hybridized carbons (Fsp3) is 0.733. The van der Waals surface area contributed by atoms with Gasteiger partial charge in [0.2, 0.25) is 5.88 Å². The maximum absolute atomic E-state index is 6.05. The Labute approximate surface area is 126 Å². The summed E-state index contributed by atoms with van der Waals surface area (Å²) in [5.41, 5.74) is 6.52. The first-order valence-corrected chi connectivity index (χ1v) is 7.83. The first kappa shape index (κ1) is 15.8. The Balaban J connectivity index is 2.05. The summed E-state index contributed by atoms with van der Waals surface area (Å²) >= 11 is 0. The molecule has 2 rings (SSSR count). The van der Waals surface area contributed by atoms with Crippen LogP contribution in [0.25, 0.3) is 0 Å². The van der Waals surface area contributed by atoms with Gasteiger partial charge < -0.3 is 20.5 Å². The molecule has 1 aromatic rings. The standard InChI is InChI=1S/C15H26N4O2/c1-3-4-5-6-9-17-14-12(16)15(20-2)19-13(18-14)11-8-7-10-21-11/h11H,3-10,16H2,1-2H3,(H,17,18,19). The van der Waals surface area contributed by atoms with E-state index in [2.05, 4.69) is 22.2 Å². The number of nitrogens with one attached hydrogen (secondary N) is 1. The van der Waals surface area contributed by atoms with Crippen LogP contribution in [0.1, 0.15) is 57.4 Å². The van der Waals surface area contributed by atoms with E-state index in [1.165, 1.54) is 19.3 Å². The van der Waals surface area contributed by atoms with E-state index in [0.717, 1.165) is 32.4 Å². The molecule has 1 aliphatic rings. The van der Waals surface area contributed by atoms with E-state index < -0.39 is 0 Å². The first-order valence-electron chi connectivity index (χ1n) is 7.83. The topological polar surface area (TPSA) is 82.3 Å². The molecular weight excluding hydrogens is 268 g/mol. The number of hydrogen-bond acceptors (Lipinski definition) is 6. The maximum Gasteiger partial charge on any atom is 0.242 e. The number of anilines is 2. The molecule has 0 aromatic carbocycles. The van der Waals surface area contributed by atoms with Crippen LogP contribution >= 0.6 is 0 Å². The molecule has 0 saturated carbocycles. The molecule has 6 heteroatoms. The van der Waals surface area contributed by atoms with E-state index >= 15 is 0 Å². The lowest BCUT2D eigenvalue weighted by Crippen LogP contribution is -2.12. The minimum Gasteiger partial charge on any atom is -0.479 e. The van der Waals surface area contributed by atoms with Crippen molar-refractivity contribution in [2.75, 3.05) is 31.3 Å². The van der Waals surface area contributed by atoms with Crippen molar-refractivity contribution in [3.63, 3.8) is 0 Å². The smallest absolute Gasteiger partial charge is 0.242 e. The van der Waals surface area contributed by atoms with E-state index in [4.69, 9.17) is 15.2 Å². The SMILES string of the molecule is CCCCCCNc1nc(C2CCCO2)nc(OC)c1N. The van der Waals surface area contributed by atoms with Crippen molar-refractivity contribution >= 4 is 11.5 Å².